The van der Waals surface area contributed by atoms with Crippen LogP contribution in [0, 0.1) is 0 Å². The summed E-state index contributed by atoms with van der Waals surface area (Å²) in [6.45, 7) is 2.15. The maximum atomic E-state index is 12.5. The van der Waals surface area contributed by atoms with Crippen molar-refractivity contribution >= 4 is 23.2 Å². The van der Waals surface area contributed by atoms with Gasteiger partial charge in [-0.2, -0.15) is 0 Å². The van der Waals surface area contributed by atoms with Crippen LogP contribution in [-0.2, 0) is 11.4 Å². The number of hydrogen-bond acceptors (Lipinski definition) is 4. The first-order chi connectivity index (χ1) is 14.1. The van der Waals surface area contributed by atoms with Crippen LogP contribution in [0.2, 0.25) is 0 Å². The number of fused-ring (bicyclic) bond motifs is 1. The molecule has 0 bridgehead atoms. The summed E-state index contributed by atoms with van der Waals surface area (Å²) in [7, 11) is 0. The van der Waals surface area contributed by atoms with Gasteiger partial charge in [-0.05, 0) is 55.0 Å². The second-order valence-corrected chi connectivity index (χ2v) is 6.71. The minimum atomic E-state index is -0.537. The van der Waals surface area contributed by atoms with Gasteiger partial charge in [0.15, 0.2) is 6.10 Å². The number of nitrogens with one attached hydrogen (secondary N) is 2. The molecule has 1 atom stereocenters. The van der Waals surface area contributed by atoms with E-state index >= 15 is 0 Å². The first-order valence-electron chi connectivity index (χ1n) is 9.28. The Morgan fingerprint density at radius 3 is 2.59 bits per heavy atom. The summed E-state index contributed by atoms with van der Waals surface area (Å²) in [6, 6.07) is 22.0. The second kappa shape index (κ2) is 8.06. The van der Waals surface area contributed by atoms with E-state index in [1.165, 1.54) is 0 Å². The van der Waals surface area contributed by atoms with Gasteiger partial charge in [-0.15, -0.1) is 0 Å². The number of carbonyl (C=O) groups is 2. The maximum absolute atomic E-state index is 12.5. The minimum absolute atomic E-state index is 0.216. The van der Waals surface area contributed by atoms with Crippen molar-refractivity contribution in [2.45, 2.75) is 19.6 Å². The van der Waals surface area contributed by atoms with Crippen LogP contribution in [0.15, 0.2) is 72.8 Å². The first-order valence-corrected chi connectivity index (χ1v) is 9.28. The smallest absolute Gasteiger partial charge is 0.265 e. The summed E-state index contributed by atoms with van der Waals surface area (Å²) < 4.78 is 11.3. The number of hydrogen-bond donors (Lipinski definition) is 2. The Kier molecular flexibility index (Phi) is 5.16. The lowest BCUT2D eigenvalue weighted by Gasteiger charge is -2.23. The molecule has 0 spiro atoms. The summed E-state index contributed by atoms with van der Waals surface area (Å²) in [5.41, 5.74) is 2.68. The lowest BCUT2D eigenvalue weighted by molar-refractivity contribution is -0.122. The van der Waals surface area contributed by atoms with Crippen LogP contribution in [0.25, 0.3) is 0 Å². The first kappa shape index (κ1) is 18.6. The largest absolute Gasteiger partial charge is 0.489 e. The molecule has 0 aliphatic carbocycles. The van der Waals surface area contributed by atoms with Crippen molar-refractivity contribution in [2.75, 3.05) is 10.6 Å². The number of carbonyl (C=O) groups excluding carboxylic acids is 2. The highest BCUT2D eigenvalue weighted by molar-refractivity contribution is 6.05. The molecule has 6 heteroatoms. The lowest BCUT2D eigenvalue weighted by Crippen LogP contribution is -2.34. The third-order valence-electron chi connectivity index (χ3n) is 4.53. The van der Waals surface area contributed by atoms with E-state index in [0.29, 0.717) is 35.0 Å². The Bertz CT molecular complexity index is 1030. The highest BCUT2D eigenvalue weighted by atomic mass is 16.5. The third-order valence-corrected chi connectivity index (χ3v) is 4.53. The SMILES string of the molecule is C[C@@H]1Oc2ccc(NC(=O)c3ccc(OCc4ccccc4)cc3)cc2NC1=O. The Morgan fingerprint density at radius 2 is 1.83 bits per heavy atom. The predicted molar refractivity (Wildman–Crippen MR) is 110 cm³/mol. The van der Waals surface area contributed by atoms with Gasteiger partial charge in [-0.3, -0.25) is 9.59 Å². The average molecular weight is 388 g/mol. The van der Waals surface area contributed by atoms with Crippen LogP contribution in [0.3, 0.4) is 0 Å². The van der Waals surface area contributed by atoms with E-state index in [4.69, 9.17) is 9.47 Å². The van der Waals surface area contributed by atoms with Gasteiger partial charge >= 0.3 is 0 Å². The van der Waals surface area contributed by atoms with Crippen molar-refractivity contribution < 1.29 is 19.1 Å². The molecule has 29 heavy (non-hydrogen) atoms. The summed E-state index contributed by atoms with van der Waals surface area (Å²) in [4.78, 5) is 24.3. The Hall–Kier alpha value is -3.80. The number of amides is 2. The van der Waals surface area contributed by atoms with E-state index in [0.717, 1.165) is 5.56 Å². The van der Waals surface area contributed by atoms with E-state index in [-0.39, 0.29) is 11.8 Å². The molecule has 146 valence electrons. The van der Waals surface area contributed by atoms with Crippen LogP contribution in [-0.4, -0.2) is 17.9 Å². The summed E-state index contributed by atoms with van der Waals surface area (Å²) in [5, 5.41) is 5.59. The molecule has 0 saturated heterocycles. The highest BCUT2D eigenvalue weighted by Gasteiger charge is 2.23. The fourth-order valence-electron chi connectivity index (χ4n) is 2.93. The van der Waals surface area contributed by atoms with Gasteiger partial charge in [0.1, 0.15) is 18.1 Å². The number of rotatable bonds is 5. The normalized spacial score (nSPS) is 14.9. The van der Waals surface area contributed by atoms with E-state index in [9.17, 15) is 9.59 Å². The molecule has 6 nitrogen and oxygen atoms in total. The van der Waals surface area contributed by atoms with Gasteiger partial charge in [-0.1, -0.05) is 30.3 Å². The van der Waals surface area contributed by atoms with E-state index in [1.54, 1.807) is 49.4 Å². The summed E-state index contributed by atoms with van der Waals surface area (Å²) >= 11 is 0. The van der Waals surface area contributed by atoms with Gasteiger partial charge < -0.3 is 20.1 Å². The van der Waals surface area contributed by atoms with Crippen LogP contribution < -0.4 is 20.1 Å². The molecule has 0 aromatic heterocycles. The van der Waals surface area contributed by atoms with Crippen LogP contribution >= 0.6 is 0 Å². The molecule has 0 fully saturated rings. The van der Waals surface area contributed by atoms with Crippen molar-refractivity contribution in [3.8, 4) is 11.5 Å². The number of benzene rings is 3. The molecule has 1 aliphatic rings. The van der Waals surface area contributed by atoms with Crippen molar-refractivity contribution in [1.29, 1.82) is 0 Å². The molecular weight excluding hydrogens is 368 g/mol. The lowest BCUT2D eigenvalue weighted by atomic mass is 10.1. The molecule has 0 saturated carbocycles. The van der Waals surface area contributed by atoms with Crippen LogP contribution in [0.4, 0.5) is 11.4 Å². The maximum Gasteiger partial charge on any atom is 0.265 e. The fraction of sp³-hybridized carbons (Fsp3) is 0.130. The van der Waals surface area contributed by atoms with E-state index in [2.05, 4.69) is 10.6 Å². The summed E-state index contributed by atoms with van der Waals surface area (Å²) in [5.74, 6) is 0.797. The zero-order valence-electron chi connectivity index (χ0n) is 15.8. The van der Waals surface area contributed by atoms with Crippen molar-refractivity contribution in [3.63, 3.8) is 0 Å². The zero-order valence-corrected chi connectivity index (χ0v) is 15.8. The molecule has 3 aromatic carbocycles. The highest BCUT2D eigenvalue weighted by Crippen LogP contribution is 2.32. The molecule has 3 aromatic rings. The topological polar surface area (TPSA) is 76.7 Å². The van der Waals surface area contributed by atoms with E-state index in [1.807, 2.05) is 30.3 Å². The average Bonchev–Trinajstić information content (AvgIpc) is 2.74. The molecular formula is C23H20N2O4. The Balaban J connectivity index is 1.39. The minimum Gasteiger partial charge on any atom is -0.489 e. The molecule has 2 N–H and O–H groups in total. The molecule has 1 aliphatic heterocycles. The Morgan fingerprint density at radius 1 is 1.07 bits per heavy atom. The molecule has 0 radical (unpaired) electrons. The molecule has 2 amide bonds. The second-order valence-electron chi connectivity index (χ2n) is 6.71. The molecule has 1 heterocycles. The number of ether oxygens (including phenoxy) is 2. The Labute approximate surface area is 168 Å². The van der Waals surface area contributed by atoms with Gasteiger partial charge in [0.05, 0.1) is 5.69 Å². The quantitative estimate of drug-likeness (QED) is 0.686. The van der Waals surface area contributed by atoms with Gasteiger partial charge in [-0.25, -0.2) is 0 Å². The van der Waals surface area contributed by atoms with Crippen LogP contribution in [0.5, 0.6) is 11.5 Å². The van der Waals surface area contributed by atoms with Gasteiger partial charge in [0.25, 0.3) is 11.8 Å². The standard InChI is InChI=1S/C23H20N2O4/c1-15-22(26)25-20-13-18(9-12-21(20)29-15)24-23(27)17-7-10-19(11-8-17)28-14-16-5-3-2-4-6-16/h2-13,15H,14H2,1H3,(H,24,27)(H,25,26)/t15-/m0/s1. The van der Waals surface area contributed by atoms with Crippen molar-refractivity contribution in [1.82, 2.24) is 0 Å². The zero-order chi connectivity index (χ0) is 20.2. The van der Waals surface area contributed by atoms with Gasteiger partial charge in [0.2, 0.25) is 0 Å². The monoisotopic (exact) mass is 388 g/mol. The van der Waals surface area contributed by atoms with E-state index < -0.39 is 6.10 Å². The predicted octanol–water partition coefficient (Wildman–Crippen LogP) is 4.24. The summed E-state index contributed by atoms with van der Waals surface area (Å²) in [6.07, 6.45) is -0.537. The third kappa shape index (κ3) is 4.38. The number of anilines is 2. The van der Waals surface area contributed by atoms with Crippen molar-refractivity contribution in [3.05, 3.63) is 83.9 Å². The fourth-order valence-corrected chi connectivity index (χ4v) is 2.93. The molecule has 4 rings (SSSR count). The van der Waals surface area contributed by atoms with Gasteiger partial charge in [0, 0.05) is 11.3 Å². The van der Waals surface area contributed by atoms with Crippen LogP contribution in [0.1, 0.15) is 22.8 Å². The van der Waals surface area contributed by atoms with Crippen molar-refractivity contribution in [2.24, 2.45) is 0 Å². The molecule has 0 unspecified atom stereocenters.